The van der Waals surface area contributed by atoms with Gasteiger partial charge in [0.05, 0.1) is 6.54 Å². The number of hydrogen-bond acceptors (Lipinski definition) is 4. The normalized spacial score (nSPS) is 21.6. The molecule has 0 saturated heterocycles. The number of carbonyl (C=O) groups is 1. The van der Waals surface area contributed by atoms with Crippen molar-refractivity contribution in [3.63, 3.8) is 0 Å². The lowest BCUT2D eigenvalue weighted by atomic mass is 9.74. The van der Waals surface area contributed by atoms with Crippen molar-refractivity contribution in [2.75, 3.05) is 4.90 Å². The summed E-state index contributed by atoms with van der Waals surface area (Å²) in [6.07, 6.45) is 2.48. The highest BCUT2D eigenvalue weighted by Gasteiger charge is 2.28. The molecule has 1 amide bonds. The summed E-state index contributed by atoms with van der Waals surface area (Å²) in [5, 5.41) is 5.40. The summed E-state index contributed by atoms with van der Waals surface area (Å²) in [5.74, 6) is 1.57. The number of nitrogens with two attached hydrogens (primary N) is 2. The molecule has 1 aliphatic carbocycles. The van der Waals surface area contributed by atoms with Gasteiger partial charge >= 0.3 is 0 Å². The summed E-state index contributed by atoms with van der Waals surface area (Å²) >= 11 is 1.27. The molecule has 2 aromatic rings. The van der Waals surface area contributed by atoms with Crippen molar-refractivity contribution in [2.24, 2.45) is 22.7 Å². The Balaban J connectivity index is 0.000000168. The van der Waals surface area contributed by atoms with Crippen molar-refractivity contribution < 1.29 is 4.79 Å². The van der Waals surface area contributed by atoms with Crippen LogP contribution in [0.5, 0.6) is 0 Å². The summed E-state index contributed by atoms with van der Waals surface area (Å²) in [6, 6.07) is 17.6. The fraction of sp³-hybridized carbons (Fsp3) is 0.318. The van der Waals surface area contributed by atoms with E-state index < -0.39 is 0 Å². The van der Waals surface area contributed by atoms with Crippen LogP contribution in [-0.2, 0) is 6.54 Å². The number of benzene rings is 2. The molecule has 1 fully saturated rings. The first-order chi connectivity index (χ1) is 13.0. The maximum atomic E-state index is 12.1. The number of rotatable bonds is 3. The van der Waals surface area contributed by atoms with Crippen LogP contribution in [0.2, 0.25) is 0 Å². The van der Waals surface area contributed by atoms with Gasteiger partial charge in [-0.15, -0.1) is 0 Å². The molecule has 0 unspecified atom stereocenters. The van der Waals surface area contributed by atoms with Gasteiger partial charge in [0.25, 0.3) is 5.91 Å². The Labute approximate surface area is 165 Å². The maximum absolute atomic E-state index is 12.1. The lowest BCUT2D eigenvalue weighted by Crippen LogP contribution is -2.27. The van der Waals surface area contributed by atoms with E-state index in [0.29, 0.717) is 12.5 Å². The van der Waals surface area contributed by atoms with Crippen LogP contribution in [0.1, 0.15) is 42.6 Å². The van der Waals surface area contributed by atoms with E-state index in [9.17, 15) is 4.79 Å². The zero-order valence-corrected chi connectivity index (χ0v) is 16.7. The molecule has 0 atom stereocenters. The van der Waals surface area contributed by atoms with E-state index in [1.54, 1.807) is 0 Å². The van der Waals surface area contributed by atoms with Crippen molar-refractivity contribution >= 4 is 23.5 Å². The number of nitrogens with zero attached hydrogens (tertiary/aromatic N) is 1. The first-order valence-corrected chi connectivity index (χ1v) is 10.2. The van der Waals surface area contributed by atoms with Gasteiger partial charge in [0.2, 0.25) is 0 Å². The monoisotopic (exact) mass is 381 g/mol. The second-order valence-electron chi connectivity index (χ2n) is 7.29. The van der Waals surface area contributed by atoms with Gasteiger partial charge in [0, 0.05) is 21.9 Å². The van der Waals surface area contributed by atoms with Gasteiger partial charge < -0.3 is 10.6 Å². The van der Waals surface area contributed by atoms with Gasteiger partial charge in [-0.1, -0.05) is 55.3 Å². The SMILES string of the molecule is C/C(SN)=C(/N)C1CC(C)C1.O=C1c2ccccc2CN1c1ccccc1. The number of allylic oxidation sites excluding steroid dienone is 2. The molecule has 0 radical (unpaired) electrons. The van der Waals surface area contributed by atoms with Crippen molar-refractivity contribution in [3.8, 4) is 0 Å². The minimum atomic E-state index is 0.0989. The first kappa shape index (κ1) is 19.5. The molecule has 142 valence electrons. The minimum Gasteiger partial charge on any atom is -0.401 e. The molecule has 4 N–H and O–H groups in total. The quantitative estimate of drug-likeness (QED) is 0.758. The largest absolute Gasteiger partial charge is 0.401 e. The summed E-state index contributed by atoms with van der Waals surface area (Å²) in [5.41, 5.74) is 9.78. The zero-order valence-electron chi connectivity index (χ0n) is 15.9. The third-order valence-corrected chi connectivity index (χ3v) is 5.88. The maximum Gasteiger partial charge on any atom is 0.258 e. The van der Waals surface area contributed by atoms with Crippen LogP contribution < -0.4 is 15.8 Å². The average molecular weight is 382 g/mol. The molecular weight excluding hydrogens is 354 g/mol. The third-order valence-electron chi connectivity index (χ3n) is 5.29. The van der Waals surface area contributed by atoms with Crippen LogP contribution in [0.4, 0.5) is 5.69 Å². The molecule has 27 heavy (non-hydrogen) atoms. The fourth-order valence-corrected chi connectivity index (χ4v) is 3.89. The Morgan fingerprint density at radius 2 is 1.70 bits per heavy atom. The number of para-hydroxylation sites is 1. The Morgan fingerprint density at radius 3 is 2.30 bits per heavy atom. The highest BCUT2D eigenvalue weighted by molar-refractivity contribution is 8.00. The van der Waals surface area contributed by atoms with E-state index in [4.69, 9.17) is 10.9 Å². The third kappa shape index (κ3) is 4.37. The van der Waals surface area contributed by atoms with Gasteiger partial charge in [-0.2, -0.15) is 0 Å². The number of anilines is 1. The van der Waals surface area contributed by atoms with Gasteiger partial charge in [-0.05, 0) is 55.4 Å². The van der Waals surface area contributed by atoms with E-state index in [1.165, 1.54) is 24.8 Å². The van der Waals surface area contributed by atoms with Crippen LogP contribution >= 0.6 is 11.9 Å². The molecule has 2 aromatic carbocycles. The highest BCUT2D eigenvalue weighted by atomic mass is 32.2. The summed E-state index contributed by atoms with van der Waals surface area (Å²) in [7, 11) is 0. The van der Waals surface area contributed by atoms with Gasteiger partial charge in [0.15, 0.2) is 0 Å². The molecule has 1 aliphatic heterocycles. The Hall–Kier alpha value is -2.24. The van der Waals surface area contributed by atoms with Crippen LogP contribution in [-0.4, -0.2) is 5.91 Å². The Kier molecular flexibility index (Phi) is 6.24. The highest BCUT2D eigenvalue weighted by Crippen LogP contribution is 2.38. The van der Waals surface area contributed by atoms with E-state index in [-0.39, 0.29) is 5.91 Å². The lowest BCUT2D eigenvalue weighted by molar-refractivity contribution is 0.0996. The van der Waals surface area contributed by atoms with E-state index >= 15 is 0 Å². The molecule has 4 rings (SSSR count). The molecule has 4 nitrogen and oxygen atoms in total. The van der Waals surface area contributed by atoms with Crippen molar-refractivity contribution in [1.29, 1.82) is 0 Å². The lowest BCUT2D eigenvalue weighted by Gasteiger charge is -2.33. The van der Waals surface area contributed by atoms with Crippen LogP contribution in [0.15, 0.2) is 65.2 Å². The van der Waals surface area contributed by atoms with Crippen LogP contribution in [0, 0.1) is 11.8 Å². The Morgan fingerprint density at radius 1 is 1.07 bits per heavy atom. The molecule has 1 heterocycles. The average Bonchev–Trinajstić information content (AvgIpc) is 3.02. The molecule has 0 bridgehead atoms. The number of hydrogen-bond donors (Lipinski definition) is 2. The van der Waals surface area contributed by atoms with Crippen LogP contribution in [0.25, 0.3) is 0 Å². The molecule has 0 spiro atoms. The van der Waals surface area contributed by atoms with Gasteiger partial charge in [-0.25, -0.2) is 0 Å². The predicted molar refractivity (Wildman–Crippen MR) is 114 cm³/mol. The molecular formula is C22H27N3OS. The van der Waals surface area contributed by atoms with E-state index in [0.717, 1.165) is 33.3 Å². The summed E-state index contributed by atoms with van der Waals surface area (Å²) < 4.78 is 0. The van der Waals surface area contributed by atoms with Gasteiger partial charge in [-0.3, -0.25) is 9.93 Å². The topological polar surface area (TPSA) is 72.3 Å². The summed E-state index contributed by atoms with van der Waals surface area (Å²) in [4.78, 5) is 15.0. The predicted octanol–water partition coefficient (Wildman–Crippen LogP) is 4.68. The fourth-order valence-electron chi connectivity index (χ4n) is 3.58. The summed E-state index contributed by atoms with van der Waals surface area (Å²) in [6.45, 7) is 4.93. The minimum absolute atomic E-state index is 0.0989. The number of fused-ring (bicyclic) bond motifs is 1. The molecule has 1 saturated carbocycles. The smallest absolute Gasteiger partial charge is 0.258 e. The van der Waals surface area contributed by atoms with Crippen LogP contribution in [0.3, 0.4) is 0 Å². The molecule has 2 aliphatic rings. The molecule has 5 heteroatoms. The number of carbonyl (C=O) groups excluding carboxylic acids is 1. The zero-order chi connectivity index (χ0) is 19.4. The standard InChI is InChI=1S/C14H11NO.C8H16N2S/c16-14-13-9-5-4-6-11(13)10-15(14)12-7-2-1-3-8-12;1-5-3-7(4-5)8(9)6(2)11-10/h1-9H,10H2;5,7H,3-4,9-10H2,1-2H3/b;8-6-. The van der Waals surface area contributed by atoms with Crippen molar-refractivity contribution in [1.82, 2.24) is 0 Å². The Bertz CT molecular complexity index is 828. The molecule has 0 aromatic heterocycles. The number of amides is 1. The first-order valence-electron chi connectivity index (χ1n) is 9.29. The van der Waals surface area contributed by atoms with E-state index in [2.05, 4.69) is 6.92 Å². The van der Waals surface area contributed by atoms with E-state index in [1.807, 2.05) is 66.4 Å². The van der Waals surface area contributed by atoms with Crippen molar-refractivity contribution in [2.45, 2.75) is 33.2 Å². The second-order valence-corrected chi connectivity index (χ2v) is 8.13. The van der Waals surface area contributed by atoms with Crippen molar-refractivity contribution in [3.05, 3.63) is 76.3 Å². The van der Waals surface area contributed by atoms with Gasteiger partial charge in [0.1, 0.15) is 0 Å². The second kappa shape index (κ2) is 8.63.